The van der Waals surface area contributed by atoms with Gasteiger partial charge in [-0.3, -0.25) is 4.79 Å². The zero-order valence-corrected chi connectivity index (χ0v) is 10.7. The van der Waals surface area contributed by atoms with Crippen LogP contribution in [0.25, 0.3) is 0 Å². The van der Waals surface area contributed by atoms with Crippen LogP contribution < -0.4 is 5.32 Å². The molecule has 1 aliphatic rings. The maximum Gasteiger partial charge on any atom is 0.374 e. The van der Waals surface area contributed by atoms with Crippen molar-refractivity contribution in [3.05, 3.63) is 17.5 Å². The molecule has 0 radical (unpaired) electrons. The molecular formula is C13H18N2O4. The first-order valence-electron chi connectivity index (χ1n) is 6.65. The molecular weight excluding hydrogens is 248 g/mol. The van der Waals surface area contributed by atoms with Crippen LogP contribution in [0.1, 0.15) is 59.6 Å². The number of rotatable bonds is 5. The molecule has 0 aromatic carbocycles. The van der Waals surface area contributed by atoms with E-state index in [0.717, 1.165) is 12.5 Å². The Morgan fingerprint density at radius 2 is 2.11 bits per heavy atom. The molecule has 0 spiro atoms. The summed E-state index contributed by atoms with van der Waals surface area (Å²) in [5.74, 6) is -1.24. The quantitative estimate of drug-likeness (QED) is 0.851. The normalized spacial score (nSPS) is 16.2. The SMILES string of the molecule is O=C(NCCC1CCCCC1)c1cc(C(=O)O)on1. The molecule has 1 aromatic rings. The second-order valence-corrected chi connectivity index (χ2v) is 4.93. The van der Waals surface area contributed by atoms with Gasteiger partial charge in [-0.25, -0.2) is 4.79 Å². The number of hydrogen-bond donors (Lipinski definition) is 2. The zero-order valence-electron chi connectivity index (χ0n) is 10.7. The van der Waals surface area contributed by atoms with E-state index in [0.29, 0.717) is 12.5 Å². The molecule has 104 valence electrons. The lowest BCUT2D eigenvalue weighted by Crippen LogP contribution is -2.26. The predicted molar refractivity (Wildman–Crippen MR) is 67.0 cm³/mol. The van der Waals surface area contributed by atoms with E-state index in [1.165, 1.54) is 32.1 Å². The summed E-state index contributed by atoms with van der Waals surface area (Å²) < 4.78 is 4.53. The highest BCUT2D eigenvalue weighted by atomic mass is 16.5. The Labute approximate surface area is 111 Å². The Kier molecular flexibility index (Phi) is 4.54. The number of aromatic carboxylic acids is 1. The molecule has 0 aliphatic heterocycles. The van der Waals surface area contributed by atoms with Gasteiger partial charge < -0.3 is 14.9 Å². The smallest absolute Gasteiger partial charge is 0.374 e. The Morgan fingerprint density at radius 1 is 1.37 bits per heavy atom. The van der Waals surface area contributed by atoms with E-state index in [9.17, 15) is 9.59 Å². The number of nitrogens with zero attached hydrogens (tertiary/aromatic N) is 1. The number of carbonyl (C=O) groups is 2. The van der Waals surface area contributed by atoms with E-state index >= 15 is 0 Å². The summed E-state index contributed by atoms with van der Waals surface area (Å²) in [6.45, 7) is 0.596. The molecule has 1 saturated carbocycles. The van der Waals surface area contributed by atoms with Crippen molar-refractivity contribution in [2.75, 3.05) is 6.54 Å². The van der Waals surface area contributed by atoms with Crippen LogP contribution in [-0.4, -0.2) is 28.7 Å². The summed E-state index contributed by atoms with van der Waals surface area (Å²) >= 11 is 0. The molecule has 1 aromatic heterocycles. The fraction of sp³-hybridized carbons (Fsp3) is 0.615. The van der Waals surface area contributed by atoms with Crippen molar-refractivity contribution in [3.8, 4) is 0 Å². The van der Waals surface area contributed by atoms with Crippen molar-refractivity contribution in [2.45, 2.75) is 38.5 Å². The molecule has 1 heterocycles. The van der Waals surface area contributed by atoms with Gasteiger partial charge in [0.15, 0.2) is 5.69 Å². The average molecular weight is 266 g/mol. The lowest BCUT2D eigenvalue weighted by molar-refractivity contribution is 0.0651. The third-order valence-corrected chi connectivity index (χ3v) is 3.52. The van der Waals surface area contributed by atoms with Gasteiger partial charge in [0.25, 0.3) is 5.91 Å². The number of hydrogen-bond acceptors (Lipinski definition) is 4. The van der Waals surface area contributed by atoms with Crippen LogP contribution in [0.5, 0.6) is 0 Å². The minimum atomic E-state index is -1.23. The van der Waals surface area contributed by atoms with Crippen molar-refractivity contribution in [1.82, 2.24) is 10.5 Å². The largest absolute Gasteiger partial charge is 0.475 e. The van der Waals surface area contributed by atoms with Crippen molar-refractivity contribution in [1.29, 1.82) is 0 Å². The van der Waals surface area contributed by atoms with Gasteiger partial charge >= 0.3 is 5.97 Å². The standard InChI is InChI=1S/C13H18N2O4/c16-12(10-8-11(13(17)18)19-15-10)14-7-6-9-4-2-1-3-5-9/h8-9H,1-7H2,(H,14,16)(H,17,18). The number of carboxylic acid groups (broad SMARTS) is 1. The Morgan fingerprint density at radius 3 is 2.74 bits per heavy atom. The number of amides is 1. The summed E-state index contributed by atoms with van der Waals surface area (Å²) in [6.07, 6.45) is 7.33. The lowest BCUT2D eigenvalue weighted by Gasteiger charge is -2.21. The van der Waals surface area contributed by atoms with Crippen molar-refractivity contribution in [3.63, 3.8) is 0 Å². The maximum atomic E-state index is 11.7. The first-order chi connectivity index (χ1) is 9.16. The molecule has 1 amide bonds. The Balaban J connectivity index is 1.75. The van der Waals surface area contributed by atoms with Gasteiger partial charge in [-0.2, -0.15) is 0 Å². The van der Waals surface area contributed by atoms with Gasteiger partial charge in [-0.05, 0) is 12.3 Å². The van der Waals surface area contributed by atoms with E-state index in [2.05, 4.69) is 15.0 Å². The first kappa shape index (κ1) is 13.6. The topological polar surface area (TPSA) is 92.4 Å². The average Bonchev–Trinajstić information content (AvgIpc) is 2.89. The molecule has 0 unspecified atom stereocenters. The van der Waals surface area contributed by atoms with E-state index < -0.39 is 5.97 Å². The number of carboxylic acids is 1. The van der Waals surface area contributed by atoms with Crippen LogP contribution in [0.4, 0.5) is 0 Å². The summed E-state index contributed by atoms with van der Waals surface area (Å²) in [6, 6.07) is 1.14. The van der Waals surface area contributed by atoms with E-state index in [1.807, 2.05) is 0 Å². The summed E-state index contributed by atoms with van der Waals surface area (Å²) in [4.78, 5) is 22.3. The van der Waals surface area contributed by atoms with Crippen LogP contribution in [0.2, 0.25) is 0 Å². The van der Waals surface area contributed by atoms with E-state index in [1.54, 1.807) is 0 Å². The number of carbonyl (C=O) groups excluding carboxylic acids is 1. The van der Waals surface area contributed by atoms with Crippen molar-refractivity contribution in [2.24, 2.45) is 5.92 Å². The minimum absolute atomic E-state index is 0.0149. The molecule has 19 heavy (non-hydrogen) atoms. The highest BCUT2D eigenvalue weighted by molar-refractivity contribution is 5.94. The van der Waals surface area contributed by atoms with Crippen LogP contribution in [0, 0.1) is 5.92 Å². The minimum Gasteiger partial charge on any atom is -0.475 e. The molecule has 6 heteroatoms. The van der Waals surface area contributed by atoms with Gasteiger partial charge in [0.1, 0.15) is 0 Å². The van der Waals surface area contributed by atoms with Gasteiger partial charge in [0, 0.05) is 12.6 Å². The van der Waals surface area contributed by atoms with E-state index in [4.69, 9.17) is 5.11 Å². The Hall–Kier alpha value is -1.85. The van der Waals surface area contributed by atoms with Gasteiger partial charge in [-0.15, -0.1) is 0 Å². The molecule has 6 nitrogen and oxygen atoms in total. The molecule has 0 atom stereocenters. The molecule has 2 N–H and O–H groups in total. The van der Waals surface area contributed by atoms with Gasteiger partial charge in [0.05, 0.1) is 0 Å². The maximum absolute atomic E-state index is 11.7. The zero-order chi connectivity index (χ0) is 13.7. The second-order valence-electron chi connectivity index (χ2n) is 4.93. The van der Waals surface area contributed by atoms with Gasteiger partial charge in [-0.1, -0.05) is 37.3 Å². The highest BCUT2D eigenvalue weighted by Gasteiger charge is 2.17. The van der Waals surface area contributed by atoms with Crippen molar-refractivity contribution < 1.29 is 19.2 Å². The monoisotopic (exact) mass is 266 g/mol. The molecule has 0 bridgehead atoms. The fourth-order valence-corrected chi connectivity index (χ4v) is 2.44. The highest BCUT2D eigenvalue weighted by Crippen LogP contribution is 2.25. The third-order valence-electron chi connectivity index (χ3n) is 3.52. The predicted octanol–water partition coefficient (Wildman–Crippen LogP) is 2.07. The van der Waals surface area contributed by atoms with Crippen LogP contribution >= 0.6 is 0 Å². The van der Waals surface area contributed by atoms with E-state index in [-0.39, 0.29) is 17.4 Å². The molecule has 1 fully saturated rings. The van der Waals surface area contributed by atoms with Crippen LogP contribution in [0.15, 0.2) is 10.6 Å². The first-order valence-corrected chi connectivity index (χ1v) is 6.65. The van der Waals surface area contributed by atoms with Crippen LogP contribution in [0.3, 0.4) is 0 Å². The molecule has 2 rings (SSSR count). The summed E-state index contributed by atoms with van der Waals surface area (Å²) in [5.41, 5.74) is 0.0149. The molecule has 1 aliphatic carbocycles. The molecule has 0 saturated heterocycles. The number of nitrogens with one attached hydrogen (secondary N) is 1. The van der Waals surface area contributed by atoms with Crippen molar-refractivity contribution >= 4 is 11.9 Å². The summed E-state index contributed by atoms with van der Waals surface area (Å²) in [7, 11) is 0. The Bertz CT molecular complexity index is 449. The van der Waals surface area contributed by atoms with Gasteiger partial charge in [0.2, 0.25) is 5.76 Å². The summed E-state index contributed by atoms with van der Waals surface area (Å²) in [5, 5.41) is 14.8. The second kappa shape index (κ2) is 6.36. The number of aromatic nitrogens is 1. The van der Waals surface area contributed by atoms with Crippen LogP contribution in [-0.2, 0) is 0 Å². The third kappa shape index (κ3) is 3.81. The fourth-order valence-electron chi connectivity index (χ4n) is 2.44. The lowest BCUT2D eigenvalue weighted by atomic mass is 9.87.